The van der Waals surface area contributed by atoms with E-state index in [9.17, 15) is 23.9 Å². The zero-order valence-electron chi connectivity index (χ0n) is 28.1. The predicted octanol–water partition coefficient (Wildman–Crippen LogP) is 7.65. The molecule has 1 atom stereocenters. The molecule has 2 N–H and O–H groups in total. The lowest BCUT2D eigenvalue weighted by Crippen LogP contribution is -2.45. The number of allylic oxidation sites excluding steroid dienone is 2. The van der Waals surface area contributed by atoms with Gasteiger partial charge in [-0.2, -0.15) is 0 Å². The van der Waals surface area contributed by atoms with Crippen LogP contribution in [-0.2, 0) is 4.79 Å². The number of aliphatic carboxylic acids is 1. The number of carboxylic acids is 2. The van der Waals surface area contributed by atoms with Gasteiger partial charge in [0, 0.05) is 38.8 Å². The number of pyridine rings is 1. The number of piperazine rings is 1. The van der Waals surface area contributed by atoms with E-state index in [1.165, 1.54) is 76.8 Å². The van der Waals surface area contributed by atoms with Gasteiger partial charge in [-0.15, -0.1) is 0 Å². The first-order chi connectivity index (χ1) is 22.1. The van der Waals surface area contributed by atoms with Crippen molar-refractivity contribution < 1.29 is 28.9 Å². The highest BCUT2D eigenvalue weighted by molar-refractivity contribution is 5.97. The standard InChI is InChI=1S/C18H20FN3O4.C18H34O2/c1-10-9-26-17-14-11(16(23)12(18(24)25)8-22(10)14)7-13(19)15(17)21-5-3-20(2)4-6-21;1-2-3-4-5-6-7-8-9-10-11-12-13-14-15-16-17-18(19)20/h7-8,10H,3-6,9H2,1-2H3,(H,24,25);9-10H,2-8,11-17H2,1H3,(H,19,20)/b;10-9-/t10-;/m0./s1. The van der Waals surface area contributed by atoms with Crippen LogP contribution in [0.3, 0.4) is 0 Å². The number of carbonyl (C=O) groups is 2. The Balaban J connectivity index is 0.000000262. The largest absolute Gasteiger partial charge is 0.487 e. The van der Waals surface area contributed by atoms with Crippen molar-refractivity contribution in [2.24, 2.45) is 0 Å². The third-order valence-corrected chi connectivity index (χ3v) is 8.84. The number of aromatic carboxylic acids is 1. The molecule has 1 saturated heterocycles. The molecule has 3 heterocycles. The smallest absolute Gasteiger partial charge is 0.341 e. The molecule has 9 nitrogen and oxygen atoms in total. The van der Waals surface area contributed by atoms with Crippen LogP contribution in [-0.4, -0.2) is 71.5 Å². The average Bonchev–Trinajstić information content (AvgIpc) is 3.02. The van der Waals surface area contributed by atoms with E-state index in [1.54, 1.807) is 4.57 Å². The Morgan fingerprint density at radius 2 is 1.52 bits per heavy atom. The Bertz CT molecular complexity index is 1370. The number of rotatable bonds is 17. The number of unbranched alkanes of at least 4 members (excludes halogenated alkanes) is 11. The third kappa shape index (κ3) is 10.9. The molecule has 46 heavy (non-hydrogen) atoms. The second-order valence-electron chi connectivity index (χ2n) is 12.7. The Labute approximate surface area is 273 Å². The van der Waals surface area contributed by atoms with Gasteiger partial charge < -0.3 is 29.3 Å². The predicted molar refractivity (Wildman–Crippen MR) is 182 cm³/mol. The summed E-state index contributed by atoms with van der Waals surface area (Å²) >= 11 is 0. The van der Waals surface area contributed by atoms with Gasteiger partial charge >= 0.3 is 11.9 Å². The van der Waals surface area contributed by atoms with E-state index in [0.29, 0.717) is 36.5 Å². The van der Waals surface area contributed by atoms with Gasteiger partial charge in [0.2, 0.25) is 5.43 Å². The molecule has 0 aliphatic carbocycles. The van der Waals surface area contributed by atoms with Gasteiger partial charge in [0.05, 0.1) is 16.9 Å². The number of aromatic nitrogens is 1. The van der Waals surface area contributed by atoms with Crippen LogP contribution in [0.15, 0.2) is 29.2 Å². The molecule has 256 valence electrons. The molecule has 0 radical (unpaired) electrons. The number of anilines is 1. The number of hydrogen-bond acceptors (Lipinski definition) is 6. The fraction of sp³-hybridized carbons (Fsp3) is 0.639. The van der Waals surface area contributed by atoms with Gasteiger partial charge in [0.1, 0.15) is 17.9 Å². The first-order valence-electron chi connectivity index (χ1n) is 17.2. The fourth-order valence-corrected chi connectivity index (χ4v) is 6.04. The van der Waals surface area contributed by atoms with Crippen molar-refractivity contribution in [3.63, 3.8) is 0 Å². The second kappa shape index (κ2) is 19.3. The summed E-state index contributed by atoms with van der Waals surface area (Å²) in [5.41, 5.74) is -0.224. The molecule has 2 aliphatic heterocycles. The van der Waals surface area contributed by atoms with Crippen LogP contribution in [0.2, 0.25) is 0 Å². The van der Waals surface area contributed by atoms with Crippen molar-refractivity contribution in [1.82, 2.24) is 9.47 Å². The van der Waals surface area contributed by atoms with E-state index in [2.05, 4.69) is 24.0 Å². The third-order valence-electron chi connectivity index (χ3n) is 8.84. The monoisotopic (exact) mass is 643 g/mol. The van der Waals surface area contributed by atoms with Gasteiger partial charge in [-0.3, -0.25) is 9.59 Å². The van der Waals surface area contributed by atoms with Crippen molar-refractivity contribution in [2.75, 3.05) is 44.7 Å². The maximum atomic E-state index is 15.0. The Morgan fingerprint density at radius 3 is 2.11 bits per heavy atom. The van der Waals surface area contributed by atoms with Crippen LogP contribution in [0.4, 0.5) is 10.1 Å². The van der Waals surface area contributed by atoms with Gasteiger partial charge in [0.15, 0.2) is 11.6 Å². The van der Waals surface area contributed by atoms with Crippen molar-refractivity contribution in [3.8, 4) is 5.75 Å². The van der Waals surface area contributed by atoms with E-state index < -0.39 is 23.2 Å². The summed E-state index contributed by atoms with van der Waals surface area (Å²) in [5.74, 6) is -2.21. The fourth-order valence-electron chi connectivity index (χ4n) is 6.04. The highest BCUT2D eigenvalue weighted by Crippen LogP contribution is 2.42. The minimum absolute atomic E-state index is 0.0434. The number of likely N-dealkylation sites (N-methyl/N-ethyl adjacent to an activating group) is 1. The van der Waals surface area contributed by atoms with Gasteiger partial charge in [-0.1, -0.05) is 70.4 Å². The maximum absolute atomic E-state index is 15.0. The molecule has 2 aliphatic rings. The molecule has 1 fully saturated rings. The quantitative estimate of drug-likeness (QED) is 0.134. The number of halogens is 1. The highest BCUT2D eigenvalue weighted by atomic mass is 19.1. The Kier molecular flexibility index (Phi) is 15.6. The van der Waals surface area contributed by atoms with E-state index in [0.717, 1.165) is 32.0 Å². The van der Waals surface area contributed by atoms with Crippen molar-refractivity contribution >= 4 is 28.5 Å². The van der Waals surface area contributed by atoms with E-state index >= 15 is 0 Å². The Morgan fingerprint density at radius 1 is 0.935 bits per heavy atom. The lowest BCUT2D eigenvalue weighted by atomic mass is 10.1. The lowest BCUT2D eigenvalue weighted by Gasteiger charge is -2.37. The average molecular weight is 644 g/mol. The van der Waals surface area contributed by atoms with Crippen LogP contribution in [0.25, 0.3) is 10.9 Å². The summed E-state index contributed by atoms with van der Waals surface area (Å²) in [5, 5.41) is 17.9. The molecule has 4 rings (SSSR count). The molecule has 0 unspecified atom stereocenters. The van der Waals surface area contributed by atoms with Crippen LogP contribution < -0.4 is 15.1 Å². The molecule has 1 aromatic heterocycles. The SMILES string of the molecule is CCCCCCCC/C=C\CCCCCCCC(=O)O.C[C@H]1COc2c(N3CCN(C)CC3)c(F)cc3c(=O)c(C(=O)O)cn1c23. The molecule has 2 aromatic rings. The summed E-state index contributed by atoms with van der Waals surface area (Å²) in [6.07, 6.45) is 22.6. The second-order valence-corrected chi connectivity index (χ2v) is 12.7. The first-order valence-corrected chi connectivity index (χ1v) is 17.2. The lowest BCUT2D eigenvalue weighted by molar-refractivity contribution is -0.137. The van der Waals surface area contributed by atoms with Gasteiger partial charge in [0.25, 0.3) is 0 Å². The summed E-state index contributed by atoms with van der Waals surface area (Å²) in [6, 6.07) is 0.994. The van der Waals surface area contributed by atoms with Crippen LogP contribution >= 0.6 is 0 Å². The minimum Gasteiger partial charge on any atom is -0.487 e. The van der Waals surface area contributed by atoms with Crippen LogP contribution in [0, 0.1) is 5.82 Å². The Hall–Kier alpha value is -3.40. The molecule has 0 spiro atoms. The zero-order valence-corrected chi connectivity index (χ0v) is 28.1. The summed E-state index contributed by atoms with van der Waals surface area (Å²) < 4.78 is 22.6. The normalized spacial score (nSPS) is 16.3. The molecule has 10 heteroatoms. The molecular weight excluding hydrogens is 589 g/mol. The summed E-state index contributed by atoms with van der Waals surface area (Å²) in [7, 11) is 2.02. The van der Waals surface area contributed by atoms with Crippen molar-refractivity contribution in [1.29, 1.82) is 0 Å². The van der Waals surface area contributed by atoms with Crippen LogP contribution in [0.1, 0.15) is 120 Å². The van der Waals surface area contributed by atoms with E-state index in [1.807, 2.05) is 18.9 Å². The van der Waals surface area contributed by atoms with Gasteiger partial charge in [-0.25, -0.2) is 9.18 Å². The molecule has 1 aromatic carbocycles. The minimum atomic E-state index is -1.32. The van der Waals surface area contributed by atoms with E-state index in [4.69, 9.17) is 9.84 Å². The molecule has 0 bridgehead atoms. The number of nitrogens with zero attached hydrogens (tertiary/aromatic N) is 3. The summed E-state index contributed by atoms with van der Waals surface area (Å²) in [6.45, 7) is 7.33. The van der Waals surface area contributed by atoms with Crippen LogP contribution in [0.5, 0.6) is 5.75 Å². The number of ether oxygens (including phenoxy) is 1. The zero-order chi connectivity index (χ0) is 33.5. The molecular formula is C36H54FN3O6. The van der Waals surface area contributed by atoms with Crippen molar-refractivity contribution in [2.45, 2.75) is 110 Å². The highest BCUT2D eigenvalue weighted by Gasteiger charge is 2.31. The maximum Gasteiger partial charge on any atom is 0.341 e. The summed E-state index contributed by atoms with van der Waals surface area (Å²) in [4.78, 5) is 38.4. The van der Waals surface area contributed by atoms with Crippen molar-refractivity contribution in [3.05, 3.63) is 46.0 Å². The number of carboxylic acid groups (broad SMARTS) is 2. The number of hydrogen-bond donors (Lipinski definition) is 2. The number of benzene rings is 1. The molecule has 0 amide bonds. The van der Waals surface area contributed by atoms with E-state index in [-0.39, 0.29) is 23.6 Å². The topological polar surface area (TPSA) is 112 Å². The van der Waals surface area contributed by atoms with Gasteiger partial charge in [-0.05, 0) is 52.1 Å². The first kappa shape index (κ1) is 37.1. The molecule has 0 saturated carbocycles.